The van der Waals surface area contributed by atoms with Gasteiger partial charge in [0.05, 0.1) is 5.69 Å². The fraction of sp³-hybridized carbons (Fsp3) is 0.167. The van der Waals surface area contributed by atoms with Crippen LogP contribution in [0.25, 0.3) is 21.3 Å². The monoisotopic (exact) mass is 416 g/mol. The third kappa shape index (κ3) is 4.84. The summed E-state index contributed by atoms with van der Waals surface area (Å²) in [5.41, 5.74) is 3.16. The van der Waals surface area contributed by atoms with Crippen LogP contribution in [0.2, 0.25) is 0 Å². The number of aliphatic imine (C=N–C) groups is 1. The standard InChI is InChI=1S/C24H24N4OS/c1-25-24(28-16-21(29)23-14-19-8-2-3-11-22(19)30-23)27-15-17-7-6-9-18(13-17)20-10-4-5-12-26-20/h2-14,21,29H,15-16H2,1H3,(H2,25,27,28). The molecule has 152 valence electrons. The van der Waals surface area contributed by atoms with Crippen molar-refractivity contribution in [2.75, 3.05) is 13.6 Å². The quantitative estimate of drug-likeness (QED) is 0.323. The highest BCUT2D eigenvalue weighted by atomic mass is 32.1. The number of nitrogens with zero attached hydrogens (tertiary/aromatic N) is 2. The number of fused-ring (bicyclic) bond motifs is 1. The van der Waals surface area contributed by atoms with Gasteiger partial charge in [-0.15, -0.1) is 11.3 Å². The van der Waals surface area contributed by atoms with E-state index in [1.807, 2.05) is 42.5 Å². The smallest absolute Gasteiger partial charge is 0.191 e. The van der Waals surface area contributed by atoms with E-state index >= 15 is 0 Å². The average molecular weight is 417 g/mol. The van der Waals surface area contributed by atoms with Crippen LogP contribution in [0.3, 0.4) is 0 Å². The molecule has 5 nitrogen and oxygen atoms in total. The molecule has 3 N–H and O–H groups in total. The van der Waals surface area contributed by atoms with Crippen LogP contribution in [-0.2, 0) is 6.54 Å². The van der Waals surface area contributed by atoms with E-state index in [1.165, 1.54) is 4.70 Å². The molecule has 0 saturated heterocycles. The molecule has 4 aromatic rings. The maximum absolute atomic E-state index is 10.6. The first-order valence-electron chi connectivity index (χ1n) is 9.84. The molecule has 0 aliphatic rings. The Morgan fingerprint density at radius 2 is 1.90 bits per heavy atom. The summed E-state index contributed by atoms with van der Waals surface area (Å²) >= 11 is 1.62. The maximum Gasteiger partial charge on any atom is 0.191 e. The summed E-state index contributed by atoms with van der Waals surface area (Å²) in [7, 11) is 1.73. The van der Waals surface area contributed by atoms with Gasteiger partial charge in [0.15, 0.2) is 5.96 Å². The second kappa shape index (κ2) is 9.52. The lowest BCUT2D eigenvalue weighted by molar-refractivity contribution is 0.184. The molecule has 0 saturated carbocycles. The maximum atomic E-state index is 10.6. The van der Waals surface area contributed by atoms with Gasteiger partial charge in [-0.05, 0) is 41.3 Å². The summed E-state index contributed by atoms with van der Waals surface area (Å²) in [6.45, 7) is 1.01. The summed E-state index contributed by atoms with van der Waals surface area (Å²) in [5.74, 6) is 0.651. The van der Waals surface area contributed by atoms with E-state index in [0.717, 1.165) is 27.1 Å². The van der Waals surface area contributed by atoms with Crippen LogP contribution in [0.5, 0.6) is 0 Å². The minimum absolute atomic E-state index is 0.389. The van der Waals surface area contributed by atoms with Gasteiger partial charge in [-0.25, -0.2) is 0 Å². The number of benzene rings is 2. The van der Waals surface area contributed by atoms with E-state index in [9.17, 15) is 5.11 Å². The highest BCUT2D eigenvalue weighted by molar-refractivity contribution is 7.19. The van der Waals surface area contributed by atoms with E-state index in [2.05, 4.69) is 50.9 Å². The van der Waals surface area contributed by atoms with Crippen molar-refractivity contribution in [2.24, 2.45) is 4.99 Å². The van der Waals surface area contributed by atoms with Gasteiger partial charge >= 0.3 is 0 Å². The first-order chi connectivity index (χ1) is 14.7. The summed E-state index contributed by atoms with van der Waals surface area (Å²) in [6.07, 6.45) is 1.21. The van der Waals surface area contributed by atoms with E-state index < -0.39 is 6.10 Å². The van der Waals surface area contributed by atoms with Gasteiger partial charge in [-0.3, -0.25) is 9.98 Å². The fourth-order valence-corrected chi connectivity index (χ4v) is 4.29. The average Bonchev–Trinajstić information content (AvgIpc) is 3.24. The van der Waals surface area contributed by atoms with Crippen LogP contribution in [0.4, 0.5) is 0 Å². The molecule has 6 heteroatoms. The molecular weight excluding hydrogens is 392 g/mol. The topological polar surface area (TPSA) is 69.5 Å². The molecule has 2 aromatic carbocycles. The normalized spacial score (nSPS) is 12.7. The van der Waals surface area contributed by atoms with Crippen molar-refractivity contribution in [3.8, 4) is 11.3 Å². The minimum atomic E-state index is -0.589. The molecule has 0 radical (unpaired) electrons. The van der Waals surface area contributed by atoms with Crippen molar-refractivity contribution in [1.29, 1.82) is 0 Å². The number of aromatic nitrogens is 1. The molecule has 0 fully saturated rings. The van der Waals surface area contributed by atoms with Gasteiger partial charge in [0.1, 0.15) is 6.10 Å². The number of rotatable bonds is 6. The van der Waals surface area contributed by atoms with Gasteiger partial charge in [-0.2, -0.15) is 0 Å². The number of guanidine groups is 1. The number of thiophene rings is 1. The van der Waals surface area contributed by atoms with Gasteiger partial charge in [0.2, 0.25) is 0 Å². The van der Waals surface area contributed by atoms with Crippen molar-refractivity contribution in [1.82, 2.24) is 15.6 Å². The lowest BCUT2D eigenvalue weighted by Gasteiger charge is -2.15. The van der Waals surface area contributed by atoms with E-state index in [4.69, 9.17) is 0 Å². The molecule has 2 heterocycles. The Kier molecular flexibility index (Phi) is 6.37. The van der Waals surface area contributed by atoms with Gasteiger partial charge in [-0.1, -0.05) is 42.5 Å². The van der Waals surface area contributed by atoms with Crippen molar-refractivity contribution < 1.29 is 5.11 Å². The summed E-state index contributed by atoms with van der Waals surface area (Å²) in [5, 5.41) is 18.3. The molecule has 1 atom stereocenters. The fourth-order valence-electron chi connectivity index (χ4n) is 3.24. The molecule has 1 unspecified atom stereocenters. The molecule has 0 bridgehead atoms. The Hall–Kier alpha value is -3.22. The number of aliphatic hydroxyl groups excluding tert-OH is 1. The predicted molar refractivity (Wildman–Crippen MR) is 125 cm³/mol. The Bertz CT molecular complexity index is 1110. The number of nitrogens with one attached hydrogen (secondary N) is 2. The first kappa shape index (κ1) is 20.1. The SMILES string of the molecule is CN=C(NCc1cccc(-c2ccccn2)c1)NCC(O)c1cc2ccccc2s1. The second-order valence-corrected chi connectivity index (χ2v) is 8.04. The zero-order valence-electron chi connectivity index (χ0n) is 16.7. The van der Waals surface area contributed by atoms with E-state index in [0.29, 0.717) is 19.0 Å². The Morgan fingerprint density at radius 1 is 1.03 bits per heavy atom. The lowest BCUT2D eigenvalue weighted by atomic mass is 10.1. The van der Waals surface area contributed by atoms with Gasteiger partial charge < -0.3 is 15.7 Å². The van der Waals surface area contributed by atoms with E-state index in [1.54, 1.807) is 24.6 Å². The molecular formula is C24H24N4OS. The summed E-state index contributed by atoms with van der Waals surface area (Å²) in [6, 6.07) is 24.4. The lowest BCUT2D eigenvalue weighted by Crippen LogP contribution is -2.38. The molecule has 30 heavy (non-hydrogen) atoms. The highest BCUT2D eigenvalue weighted by Gasteiger charge is 2.12. The van der Waals surface area contributed by atoms with Crippen LogP contribution in [-0.4, -0.2) is 29.6 Å². The summed E-state index contributed by atoms with van der Waals surface area (Å²) in [4.78, 5) is 9.62. The minimum Gasteiger partial charge on any atom is -0.386 e. The first-order valence-corrected chi connectivity index (χ1v) is 10.7. The molecule has 2 aromatic heterocycles. The zero-order valence-corrected chi connectivity index (χ0v) is 17.6. The van der Waals surface area contributed by atoms with Crippen LogP contribution in [0.1, 0.15) is 16.5 Å². The number of aliphatic hydroxyl groups is 1. The number of pyridine rings is 1. The third-order valence-electron chi connectivity index (χ3n) is 4.81. The third-order valence-corrected chi connectivity index (χ3v) is 6.02. The van der Waals surface area contributed by atoms with Crippen LogP contribution < -0.4 is 10.6 Å². The van der Waals surface area contributed by atoms with Crippen molar-refractivity contribution in [3.05, 3.63) is 89.4 Å². The number of hydrogen-bond acceptors (Lipinski definition) is 4. The van der Waals surface area contributed by atoms with Crippen molar-refractivity contribution in [3.63, 3.8) is 0 Å². The van der Waals surface area contributed by atoms with Crippen LogP contribution >= 0.6 is 11.3 Å². The molecule has 0 aliphatic heterocycles. The van der Waals surface area contributed by atoms with Gasteiger partial charge in [0.25, 0.3) is 0 Å². The summed E-state index contributed by atoms with van der Waals surface area (Å²) < 4.78 is 1.18. The Balaban J connectivity index is 1.34. The van der Waals surface area contributed by atoms with Crippen LogP contribution in [0.15, 0.2) is 84.0 Å². The molecule has 0 spiro atoms. The second-order valence-electron chi connectivity index (χ2n) is 6.92. The Labute approximate surface area is 180 Å². The van der Waals surface area contributed by atoms with Gasteiger partial charge in [0, 0.05) is 41.5 Å². The molecule has 4 rings (SSSR count). The predicted octanol–water partition coefficient (Wildman–Crippen LogP) is 4.36. The number of hydrogen-bond donors (Lipinski definition) is 3. The largest absolute Gasteiger partial charge is 0.386 e. The zero-order chi connectivity index (χ0) is 20.8. The van der Waals surface area contributed by atoms with E-state index in [-0.39, 0.29) is 0 Å². The van der Waals surface area contributed by atoms with Crippen LogP contribution in [0, 0.1) is 0 Å². The Morgan fingerprint density at radius 3 is 2.70 bits per heavy atom. The van der Waals surface area contributed by atoms with Crippen molar-refractivity contribution in [2.45, 2.75) is 12.6 Å². The molecule has 0 amide bonds. The highest BCUT2D eigenvalue weighted by Crippen LogP contribution is 2.29. The van der Waals surface area contributed by atoms with Crippen molar-refractivity contribution >= 4 is 27.4 Å². The molecule has 0 aliphatic carbocycles.